The van der Waals surface area contributed by atoms with Crippen molar-refractivity contribution < 1.29 is 28.4 Å². The maximum absolute atomic E-state index is 5.89. The molecule has 152 valence electrons. The molecule has 6 heteroatoms. The average molecular weight is 388 g/mol. The van der Waals surface area contributed by atoms with Gasteiger partial charge in [-0.25, -0.2) is 0 Å². The monoisotopic (exact) mass is 388 g/mol. The van der Waals surface area contributed by atoms with E-state index in [0.717, 1.165) is 22.6 Å². The predicted octanol–water partition coefficient (Wildman–Crippen LogP) is 3.57. The summed E-state index contributed by atoms with van der Waals surface area (Å²) < 4.78 is 34.7. The number of rotatable bonds is 0. The zero-order valence-electron chi connectivity index (χ0n) is 16.6. The first-order valence-electron chi connectivity index (χ1n) is 9.61. The molecule has 3 rings (SSSR count). The molecule has 0 fully saturated rings. The summed E-state index contributed by atoms with van der Waals surface area (Å²) in [5.41, 5.74) is 2.05. The van der Waals surface area contributed by atoms with E-state index in [1.54, 1.807) is 0 Å². The van der Waals surface area contributed by atoms with Gasteiger partial charge in [0.15, 0.2) is 23.0 Å². The molecule has 0 unspecified atom stereocenters. The van der Waals surface area contributed by atoms with Crippen molar-refractivity contribution >= 4 is 0 Å². The molecule has 2 aromatic rings. The lowest BCUT2D eigenvalue weighted by Crippen LogP contribution is -2.16. The molecule has 2 aromatic carbocycles. The molecule has 1 aliphatic rings. The van der Waals surface area contributed by atoms with Crippen molar-refractivity contribution in [1.82, 2.24) is 0 Å². The van der Waals surface area contributed by atoms with Gasteiger partial charge < -0.3 is 28.4 Å². The second-order valence-corrected chi connectivity index (χ2v) is 6.42. The summed E-state index contributed by atoms with van der Waals surface area (Å²) in [7, 11) is 0. The van der Waals surface area contributed by atoms with E-state index in [1.807, 2.05) is 50.2 Å². The van der Waals surface area contributed by atoms with Crippen molar-refractivity contribution in [3.63, 3.8) is 0 Å². The summed E-state index contributed by atoms with van der Waals surface area (Å²) in [6.45, 7) is 7.63. The molecule has 0 spiro atoms. The van der Waals surface area contributed by atoms with E-state index in [9.17, 15) is 0 Å². The van der Waals surface area contributed by atoms with Crippen LogP contribution in [0.2, 0.25) is 0 Å². The summed E-state index contributed by atoms with van der Waals surface area (Å²) in [6.07, 6.45) is 0. The number of para-hydroxylation sites is 2. The van der Waals surface area contributed by atoms with Gasteiger partial charge in [-0.1, -0.05) is 24.3 Å². The molecule has 0 atom stereocenters. The van der Waals surface area contributed by atoms with Crippen LogP contribution in [0.25, 0.3) is 0 Å². The number of hydrogen-bond donors (Lipinski definition) is 0. The quantitative estimate of drug-likeness (QED) is 0.688. The molecule has 0 aromatic heterocycles. The Labute approximate surface area is 166 Å². The number of ether oxygens (including phenoxy) is 6. The highest BCUT2D eigenvalue weighted by Crippen LogP contribution is 2.31. The van der Waals surface area contributed by atoms with E-state index in [4.69, 9.17) is 28.4 Å². The van der Waals surface area contributed by atoms with E-state index >= 15 is 0 Å². The predicted molar refractivity (Wildman–Crippen MR) is 106 cm³/mol. The van der Waals surface area contributed by atoms with Gasteiger partial charge in [-0.15, -0.1) is 0 Å². The average Bonchev–Trinajstić information content (AvgIpc) is 2.69. The lowest BCUT2D eigenvalue weighted by atomic mass is 10.2. The molecule has 0 bridgehead atoms. The molecule has 0 N–H and O–H groups in total. The minimum atomic E-state index is 0.440. The van der Waals surface area contributed by atoms with E-state index in [-0.39, 0.29) is 0 Å². The zero-order chi connectivity index (χ0) is 19.6. The van der Waals surface area contributed by atoms with Gasteiger partial charge in [-0.2, -0.15) is 0 Å². The molecular weight excluding hydrogens is 360 g/mol. The summed E-state index contributed by atoms with van der Waals surface area (Å²) >= 11 is 0. The normalized spacial score (nSPS) is 16.6. The van der Waals surface area contributed by atoms with Gasteiger partial charge >= 0.3 is 0 Å². The highest BCUT2D eigenvalue weighted by atomic mass is 16.6. The zero-order valence-corrected chi connectivity index (χ0v) is 16.6. The van der Waals surface area contributed by atoms with Crippen LogP contribution in [0.1, 0.15) is 11.1 Å². The van der Waals surface area contributed by atoms with Crippen molar-refractivity contribution in [2.24, 2.45) is 0 Å². The second-order valence-electron chi connectivity index (χ2n) is 6.42. The fourth-order valence-corrected chi connectivity index (χ4v) is 2.88. The Morgan fingerprint density at radius 3 is 1.32 bits per heavy atom. The van der Waals surface area contributed by atoms with Crippen LogP contribution < -0.4 is 18.9 Å². The van der Waals surface area contributed by atoms with E-state index in [1.165, 1.54) is 0 Å². The molecular formula is C22H28O6. The third-order valence-electron chi connectivity index (χ3n) is 4.27. The Bertz CT molecular complexity index is 684. The van der Waals surface area contributed by atoms with E-state index in [2.05, 4.69) is 0 Å². The maximum atomic E-state index is 5.89. The van der Waals surface area contributed by atoms with Crippen LogP contribution in [0.5, 0.6) is 23.0 Å². The largest absolute Gasteiger partial charge is 0.487 e. The summed E-state index contributed by atoms with van der Waals surface area (Å²) in [5, 5.41) is 0. The third-order valence-corrected chi connectivity index (χ3v) is 4.27. The van der Waals surface area contributed by atoms with Crippen molar-refractivity contribution in [2.45, 2.75) is 13.8 Å². The highest BCUT2D eigenvalue weighted by Gasteiger charge is 2.10. The number of aryl methyl sites for hydroxylation is 2. The van der Waals surface area contributed by atoms with Crippen LogP contribution in [0.15, 0.2) is 36.4 Å². The standard InChI is InChI=1S/C22H28O6/c1-17-5-3-7-19-21(17)27-15-11-24-12-16-28-22-18(2)6-4-8-20(22)26-14-10-23-9-13-25-19/h3-8H,9-16H2,1-2H3. The summed E-state index contributed by atoms with van der Waals surface area (Å²) in [6, 6.07) is 11.7. The van der Waals surface area contributed by atoms with Gasteiger partial charge in [0, 0.05) is 0 Å². The lowest BCUT2D eigenvalue weighted by Gasteiger charge is -2.17. The van der Waals surface area contributed by atoms with Crippen LogP contribution in [0, 0.1) is 13.8 Å². The Balaban J connectivity index is 1.62. The van der Waals surface area contributed by atoms with Gasteiger partial charge in [-0.3, -0.25) is 0 Å². The van der Waals surface area contributed by atoms with Crippen molar-refractivity contribution in [3.8, 4) is 23.0 Å². The Kier molecular flexibility index (Phi) is 7.82. The molecule has 6 nitrogen and oxygen atoms in total. The van der Waals surface area contributed by atoms with E-state index < -0.39 is 0 Å². The SMILES string of the molecule is Cc1cccc2c1OCCOCCOc1c(C)cccc1OCCOCCO2. The maximum Gasteiger partial charge on any atom is 0.164 e. The molecule has 1 heterocycles. The van der Waals surface area contributed by atoms with Crippen LogP contribution in [0.3, 0.4) is 0 Å². The fraction of sp³-hybridized carbons (Fsp3) is 0.455. The van der Waals surface area contributed by atoms with Crippen molar-refractivity contribution in [2.75, 3.05) is 52.9 Å². The van der Waals surface area contributed by atoms with Crippen molar-refractivity contribution in [3.05, 3.63) is 47.5 Å². The first-order valence-corrected chi connectivity index (χ1v) is 9.61. The van der Waals surface area contributed by atoms with Crippen LogP contribution in [0.4, 0.5) is 0 Å². The molecule has 0 radical (unpaired) electrons. The van der Waals surface area contributed by atoms with Gasteiger partial charge in [0.05, 0.1) is 26.4 Å². The number of benzene rings is 2. The highest BCUT2D eigenvalue weighted by molar-refractivity contribution is 5.46. The molecule has 0 amide bonds. The van der Waals surface area contributed by atoms with Crippen LogP contribution >= 0.6 is 0 Å². The van der Waals surface area contributed by atoms with Gasteiger partial charge in [0.1, 0.15) is 26.4 Å². The van der Waals surface area contributed by atoms with Crippen LogP contribution in [-0.4, -0.2) is 52.9 Å². The van der Waals surface area contributed by atoms with Gasteiger partial charge in [0.25, 0.3) is 0 Å². The molecule has 0 aliphatic carbocycles. The minimum Gasteiger partial charge on any atom is -0.487 e. The first kappa shape index (κ1) is 20.3. The third kappa shape index (κ3) is 5.78. The van der Waals surface area contributed by atoms with Gasteiger partial charge in [0.2, 0.25) is 0 Å². The second kappa shape index (κ2) is 10.8. The first-order chi connectivity index (χ1) is 13.8. The molecule has 0 saturated heterocycles. The molecule has 0 saturated carbocycles. The smallest absolute Gasteiger partial charge is 0.164 e. The molecule has 1 aliphatic heterocycles. The number of hydrogen-bond acceptors (Lipinski definition) is 6. The number of fused-ring (bicyclic) bond motifs is 2. The van der Waals surface area contributed by atoms with Crippen molar-refractivity contribution in [1.29, 1.82) is 0 Å². The Hall–Kier alpha value is -2.44. The molecule has 28 heavy (non-hydrogen) atoms. The minimum absolute atomic E-state index is 0.440. The topological polar surface area (TPSA) is 55.4 Å². The summed E-state index contributed by atoms with van der Waals surface area (Å²) in [4.78, 5) is 0. The Morgan fingerprint density at radius 1 is 0.500 bits per heavy atom. The van der Waals surface area contributed by atoms with E-state index in [0.29, 0.717) is 64.4 Å². The fourth-order valence-electron chi connectivity index (χ4n) is 2.88. The van der Waals surface area contributed by atoms with Crippen LogP contribution in [-0.2, 0) is 9.47 Å². The Morgan fingerprint density at radius 2 is 0.893 bits per heavy atom. The van der Waals surface area contributed by atoms with Gasteiger partial charge in [-0.05, 0) is 37.1 Å². The lowest BCUT2D eigenvalue weighted by molar-refractivity contribution is 0.0637. The summed E-state index contributed by atoms with van der Waals surface area (Å²) in [5.74, 6) is 2.93.